The molecule has 0 unspecified atom stereocenters. The number of para-hydroxylation sites is 1. The van der Waals surface area contributed by atoms with Gasteiger partial charge in [-0.05, 0) is 18.1 Å². The molecule has 0 heterocycles. The summed E-state index contributed by atoms with van der Waals surface area (Å²) in [7, 11) is 2.94. The van der Waals surface area contributed by atoms with Gasteiger partial charge in [-0.2, -0.15) is 0 Å². The zero-order valence-electron chi connectivity index (χ0n) is 9.37. The Bertz CT molecular complexity index is 345. The highest BCUT2D eigenvalue weighted by Gasteiger charge is 2.15. The third kappa shape index (κ3) is 2.49. The van der Waals surface area contributed by atoms with Crippen LogP contribution in [-0.4, -0.2) is 20.2 Å². The topological polar surface area (TPSA) is 35.5 Å². The van der Waals surface area contributed by atoms with E-state index in [-0.39, 0.29) is 5.97 Å². The second-order valence-corrected chi connectivity index (χ2v) is 3.24. The van der Waals surface area contributed by atoms with Crippen molar-refractivity contribution in [3.05, 3.63) is 29.3 Å². The van der Waals surface area contributed by atoms with Crippen molar-refractivity contribution in [3.63, 3.8) is 0 Å². The summed E-state index contributed by atoms with van der Waals surface area (Å²) in [5.74, 6) is 0.274. The van der Waals surface area contributed by atoms with E-state index in [1.54, 1.807) is 13.2 Å². The highest BCUT2D eigenvalue weighted by molar-refractivity contribution is 5.92. The van der Waals surface area contributed by atoms with Crippen LogP contribution in [0, 0.1) is 0 Å². The largest absolute Gasteiger partial charge is 0.496 e. The number of carbonyl (C=O) groups is 1. The molecule has 0 N–H and O–H groups in total. The minimum atomic E-state index is -0.357. The second-order valence-electron chi connectivity index (χ2n) is 3.24. The molecule has 0 spiro atoms. The molecule has 0 atom stereocenters. The Morgan fingerprint density at radius 1 is 1.33 bits per heavy atom. The Balaban J connectivity index is 3.15. The van der Waals surface area contributed by atoms with Crippen molar-refractivity contribution < 1.29 is 14.3 Å². The van der Waals surface area contributed by atoms with Gasteiger partial charge in [0.25, 0.3) is 0 Å². The molecular formula is C12H16O3. The molecule has 3 heteroatoms. The second kappa shape index (κ2) is 5.39. The van der Waals surface area contributed by atoms with Gasteiger partial charge in [0, 0.05) is 0 Å². The average Bonchev–Trinajstić information content (AvgIpc) is 2.28. The molecular weight excluding hydrogens is 192 g/mol. The Hall–Kier alpha value is -1.51. The number of esters is 1. The Morgan fingerprint density at radius 3 is 2.60 bits per heavy atom. The molecule has 1 aromatic carbocycles. The fraction of sp³-hybridized carbons (Fsp3) is 0.417. The van der Waals surface area contributed by atoms with Crippen LogP contribution in [0.1, 0.15) is 29.3 Å². The highest BCUT2D eigenvalue weighted by Crippen LogP contribution is 2.25. The van der Waals surface area contributed by atoms with Gasteiger partial charge in [-0.1, -0.05) is 25.5 Å². The normalized spacial score (nSPS) is 9.80. The number of carbonyl (C=O) groups excluding carboxylic acids is 1. The summed E-state index contributed by atoms with van der Waals surface area (Å²) in [6.45, 7) is 2.09. The van der Waals surface area contributed by atoms with Crippen LogP contribution in [0.5, 0.6) is 5.75 Å². The summed E-state index contributed by atoms with van der Waals surface area (Å²) in [5.41, 5.74) is 1.54. The van der Waals surface area contributed by atoms with Crippen LogP contribution in [0.3, 0.4) is 0 Å². The van der Waals surface area contributed by atoms with Crippen molar-refractivity contribution in [2.24, 2.45) is 0 Å². The van der Waals surface area contributed by atoms with Crippen molar-refractivity contribution in [2.45, 2.75) is 19.8 Å². The van der Waals surface area contributed by atoms with Gasteiger partial charge in [0.15, 0.2) is 0 Å². The summed E-state index contributed by atoms with van der Waals surface area (Å²) >= 11 is 0. The van der Waals surface area contributed by atoms with Gasteiger partial charge < -0.3 is 9.47 Å². The maximum atomic E-state index is 11.4. The van der Waals surface area contributed by atoms with Crippen molar-refractivity contribution in [3.8, 4) is 5.75 Å². The Labute approximate surface area is 90.0 Å². The molecule has 0 aromatic heterocycles. The van der Waals surface area contributed by atoms with E-state index in [9.17, 15) is 4.79 Å². The number of hydrogen-bond donors (Lipinski definition) is 0. The van der Waals surface area contributed by atoms with Crippen LogP contribution in [0.15, 0.2) is 18.2 Å². The van der Waals surface area contributed by atoms with E-state index in [1.807, 2.05) is 12.1 Å². The van der Waals surface area contributed by atoms with Crippen molar-refractivity contribution in [1.82, 2.24) is 0 Å². The zero-order valence-corrected chi connectivity index (χ0v) is 9.37. The summed E-state index contributed by atoms with van der Waals surface area (Å²) in [6, 6.07) is 5.53. The maximum absolute atomic E-state index is 11.4. The molecule has 82 valence electrons. The van der Waals surface area contributed by atoms with Gasteiger partial charge in [0.05, 0.1) is 14.2 Å². The van der Waals surface area contributed by atoms with E-state index >= 15 is 0 Å². The summed E-state index contributed by atoms with van der Waals surface area (Å²) in [5, 5.41) is 0. The van der Waals surface area contributed by atoms with E-state index < -0.39 is 0 Å². The zero-order chi connectivity index (χ0) is 11.3. The quantitative estimate of drug-likeness (QED) is 0.713. The van der Waals surface area contributed by atoms with Gasteiger partial charge in [0.1, 0.15) is 11.3 Å². The molecule has 0 saturated heterocycles. The summed E-state index contributed by atoms with van der Waals surface area (Å²) in [4.78, 5) is 11.4. The third-order valence-corrected chi connectivity index (χ3v) is 2.23. The van der Waals surface area contributed by atoms with Crippen molar-refractivity contribution in [2.75, 3.05) is 14.2 Å². The number of rotatable bonds is 4. The Morgan fingerprint density at radius 2 is 2.07 bits per heavy atom. The average molecular weight is 208 g/mol. The van der Waals surface area contributed by atoms with Gasteiger partial charge in [-0.25, -0.2) is 4.79 Å². The van der Waals surface area contributed by atoms with Crippen LogP contribution >= 0.6 is 0 Å². The smallest absolute Gasteiger partial charge is 0.341 e. The minimum absolute atomic E-state index is 0.357. The lowest BCUT2D eigenvalue weighted by Crippen LogP contribution is -2.06. The number of aryl methyl sites for hydroxylation is 1. The van der Waals surface area contributed by atoms with Crippen LogP contribution in [0.2, 0.25) is 0 Å². The molecule has 15 heavy (non-hydrogen) atoms. The van der Waals surface area contributed by atoms with Crippen LogP contribution in [0.25, 0.3) is 0 Å². The third-order valence-electron chi connectivity index (χ3n) is 2.23. The van der Waals surface area contributed by atoms with Gasteiger partial charge in [-0.3, -0.25) is 0 Å². The molecule has 0 radical (unpaired) electrons. The standard InChI is InChI=1S/C12H16O3/c1-4-6-9-7-5-8-10(11(9)14-2)12(13)15-3/h5,7-8H,4,6H2,1-3H3. The van der Waals surface area contributed by atoms with Crippen LogP contribution in [-0.2, 0) is 11.2 Å². The monoisotopic (exact) mass is 208 g/mol. The predicted molar refractivity (Wildman–Crippen MR) is 58.3 cm³/mol. The molecule has 0 saturated carbocycles. The molecule has 0 aliphatic heterocycles. The first-order chi connectivity index (χ1) is 7.24. The predicted octanol–water partition coefficient (Wildman–Crippen LogP) is 2.43. The SMILES string of the molecule is CCCc1cccc(C(=O)OC)c1OC. The number of methoxy groups -OCH3 is 2. The lowest BCUT2D eigenvalue weighted by molar-refractivity contribution is 0.0597. The summed E-state index contributed by atoms with van der Waals surface area (Å²) in [6.07, 6.45) is 1.91. The molecule has 0 aliphatic rings. The minimum Gasteiger partial charge on any atom is -0.496 e. The molecule has 0 fully saturated rings. The first-order valence-electron chi connectivity index (χ1n) is 4.98. The van der Waals surface area contributed by atoms with Crippen LogP contribution < -0.4 is 4.74 Å². The molecule has 0 aliphatic carbocycles. The van der Waals surface area contributed by atoms with E-state index in [1.165, 1.54) is 7.11 Å². The number of ether oxygens (including phenoxy) is 2. The van der Waals surface area contributed by atoms with E-state index in [0.717, 1.165) is 18.4 Å². The van der Waals surface area contributed by atoms with Crippen molar-refractivity contribution >= 4 is 5.97 Å². The summed E-state index contributed by atoms with van der Waals surface area (Å²) < 4.78 is 9.94. The lowest BCUT2D eigenvalue weighted by Gasteiger charge is -2.11. The molecule has 0 amide bonds. The molecule has 1 rings (SSSR count). The first kappa shape index (κ1) is 11.6. The van der Waals surface area contributed by atoms with E-state index in [4.69, 9.17) is 9.47 Å². The van der Waals surface area contributed by atoms with Gasteiger partial charge in [-0.15, -0.1) is 0 Å². The highest BCUT2D eigenvalue weighted by atomic mass is 16.5. The molecule has 0 bridgehead atoms. The van der Waals surface area contributed by atoms with Crippen molar-refractivity contribution in [1.29, 1.82) is 0 Å². The molecule has 1 aromatic rings. The maximum Gasteiger partial charge on any atom is 0.341 e. The number of benzene rings is 1. The van der Waals surface area contributed by atoms with E-state index in [0.29, 0.717) is 11.3 Å². The fourth-order valence-electron chi connectivity index (χ4n) is 1.56. The first-order valence-corrected chi connectivity index (χ1v) is 4.98. The lowest BCUT2D eigenvalue weighted by atomic mass is 10.0. The fourth-order valence-corrected chi connectivity index (χ4v) is 1.56. The van der Waals surface area contributed by atoms with Gasteiger partial charge in [0.2, 0.25) is 0 Å². The van der Waals surface area contributed by atoms with E-state index in [2.05, 4.69) is 6.92 Å². The van der Waals surface area contributed by atoms with Crippen LogP contribution in [0.4, 0.5) is 0 Å². The van der Waals surface area contributed by atoms with Gasteiger partial charge >= 0.3 is 5.97 Å². The Kier molecular flexibility index (Phi) is 4.16. The molecule has 3 nitrogen and oxygen atoms in total. The number of hydrogen-bond acceptors (Lipinski definition) is 3.